The zero-order valence-electron chi connectivity index (χ0n) is 9.80. The van der Waals surface area contributed by atoms with Gasteiger partial charge in [0, 0.05) is 18.7 Å². The molecule has 1 rings (SSSR count). The average molecular weight is 263 g/mol. The van der Waals surface area contributed by atoms with E-state index in [0.29, 0.717) is 11.3 Å². The van der Waals surface area contributed by atoms with Crippen LogP contribution in [0.15, 0.2) is 18.2 Å². The lowest BCUT2D eigenvalue weighted by Crippen LogP contribution is -2.30. The lowest BCUT2D eigenvalue weighted by molar-refractivity contribution is -0.167. The van der Waals surface area contributed by atoms with Crippen molar-refractivity contribution in [2.24, 2.45) is 0 Å². The van der Waals surface area contributed by atoms with Gasteiger partial charge in [0.05, 0.1) is 19.4 Å². The Morgan fingerprint density at radius 1 is 1.33 bits per heavy atom. The van der Waals surface area contributed by atoms with Crippen LogP contribution >= 0.6 is 0 Å². The predicted molar refractivity (Wildman–Crippen MR) is 58.4 cm³/mol. The van der Waals surface area contributed by atoms with Gasteiger partial charge in [-0.25, -0.2) is 0 Å². The Bertz CT molecular complexity index is 432. The Labute approximate surface area is 102 Å². The van der Waals surface area contributed by atoms with Crippen LogP contribution in [-0.4, -0.2) is 26.3 Å². The summed E-state index contributed by atoms with van der Waals surface area (Å²) in [6.45, 7) is 0.0808. The molecule has 0 spiro atoms. The molecule has 18 heavy (non-hydrogen) atoms. The largest absolute Gasteiger partial charge is 0.497 e. The van der Waals surface area contributed by atoms with Crippen molar-refractivity contribution in [1.29, 1.82) is 0 Å². The van der Waals surface area contributed by atoms with E-state index < -0.39 is 12.1 Å². The quantitative estimate of drug-likeness (QED) is 0.907. The second-order valence-corrected chi connectivity index (χ2v) is 3.41. The van der Waals surface area contributed by atoms with E-state index in [1.807, 2.05) is 0 Å². The number of rotatable bonds is 4. The smallest absolute Gasteiger partial charge is 0.471 e. The molecule has 0 aliphatic rings. The first-order valence-corrected chi connectivity index (χ1v) is 4.92. The van der Waals surface area contributed by atoms with E-state index in [2.05, 4.69) is 0 Å². The van der Waals surface area contributed by atoms with Crippen LogP contribution in [0.4, 0.5) is 18.9 Å². The van der Waals surface area contributed by atoms with Crippen LogP contribution in [0.25, 0.3) is 0 Å². The standard InChI is InChI=1S/C11H12F3NO3/c1-17-6-7-3-4-8(18-2)5-9(7)15-10(16)11(12,13)14/h3-5H,6H2,1-2H3,(H,15,16). The first kappa shape index (κ1) is 14.3. The molecule has 0 unspecified atom stereocenters. The normalized spacial score (nSPS) is 11.2. The van der Waals surface area contributed by atoms with Crippen molar-refractivity contribution in [3.63, 3.8) is 0 Å². The molecule has 0 saturated heterocycles. The van der Waals surface area contributed by atoms with Crippen LogP contribution in [-0.2, 0) is 16.1 Å². The molecule has 0 bridgehead atoms. The van der Waals surface area contributed by atoms with Crippen LogP contribution in [0, 0.1) is 0 Å². The Balaban J connectivity index is 3.00. The second-order valence-electron chi connectivity index (χ2n) is 3.41. The van der Waals surface area contributed by atoms with Crippen molar-refractivity contribution >= 4 is 11.6 Å². The van der Waals surface area contributed by atoms with Crippen LogP contribution in [0.5, 0.6) is 5.75 Å². The monoisotopic (exact) mass is 263 g/mol. The fourth-order valence-corrected chi connectivity index (χ4v) is 1.27. The molecule has 1 N–H and O–H groups in total. The number of halogens is 3. The highest BCUT2D eigenvalue weighted by atomic mass is 19.4. The summed E-state index contributed by atoms with van der Waals surface area (Å²) >= 11 is 0. The molecule has 0 fully saturated rings. The topological polar surface area (TPSA) is 47.6 Å². The van der Waals surface area contributed by atoms with Gasteiger partial charge < -0.3 is 14.8 Å². The highest BCUT2D eigenvalue weighted by molar-refractivity contribution is 5.95. The maximum Gasteiger partial charge on any atom is 0.471 e. The zero-order valence-corrected chi connectivity index (χ0v) is 9.80. The molecule has 0 heterocycles. The summed E-state index contributed by atoms with van der Waals surface area (Å²) < 4.78 is 46.2. The van der Waals surface area contributed by atoms with Gasteiger partial charge in [0.1, 0.15) is 5.75 Å². The van der Waals surface area contributed by atoms with E-state index in [9.17, 15) is 18.0 Å². The third-order valence-electron chi connectivity index (χ3n) is 2.12. The number of amides is 1. The molecular weight excluding hydrogens is 251 g/mol. The van der Waals surface area contributed by atoms with Gasteiger partial charge in [0.25, 0.3) is 0 Å². The number of hydrogen-bond donors (Lipinski definition) is 1. The van der Waals surface area contributed by atoms with Gasteiger partial charge in [-0.05, 0) is 6.07 Å². The maximum atomic E-state index is 12.2. The van der Waals surface area contributed by atoms with Crippen LogP contribution in [0.3, 0.4) is 0 Å². The number of anilines is 1. The SMILES string of the molecule is COCc1ccc(OC)cc1NC(=O)C(F)(F)F. The minimum Gasteiger partial charge on any atom is -0.497 e. The number of nitrogens with one attached hydrogen (secondary N) is 1. The fraction of sp³-hybridized carbons (Fsp3) is 0.364. The second kappa shape index (κ2) is 5.72. The minimum atomic E-state index is -4.94. The van der Waals surface area contributed by atoms with E-state index in [-0.39, 0.29) is 12.3 Å². The van der Waals surface area contributed by atoms with Gasteiger partial charge in [0.15, 0.2) is 0 Å². The number of ether oxygens (including phenoxy) is 2. The Kier molecular flexibility index (Phi) is 4.55. The summed E-state index contributed by atoms with van der Waals surface area (Å²) in [5.74, 6) is -1.69. The van der Waals surface area contributed by atoms with E-state index in [1.54, 1.807) is 11.4 Å². The molecule has 0 saturated carbocycles. The van der Waals surface area contributed by atoms with Crippen molar-refractivity contribution in [2.45, 2.75) is 12.8 Å². The van der Waals surface area contributed by atoms with Crippen molar-refractivity contribution < 1.29 is 27.4 Å². The number of carbonyl (C=O) groups is 1. The maximum absolute atomic E-state index is 12.2. The lowest BCUT2D eigenvalue weighted by atomic mass is 10.1. The van der Waals surface area contributed by atoms with E-state index in [1.165, 1.54) is 26.4 Å². The molecule has 0 aliphatic carbocycles. The Morgan fingerprint density at radius 2 is 2.00 bits per heavy atom. The molecule has 0 aliphatic heterocycles. The van der Waals surface area contributed by atoms with Gasteiger partial charge in [-0.2, -0.15) is 13.2 Å². The first-order valence-electron chi connectivity index (χ1n) is 4.92. The van der Waals surface area contributed by atoms with Crippen molar-refractivity contribution in [1.82, 2.24) is 0 Å². The molecule has 1 amide bonds. The summed E-state index contributed by atoms with van der Waals surface area (Å²) in [6, 6.07) is 4.39. The molecule has 7 heteroatoms. The highest BCUT2D eigenvalue weighted by Gasteiger charge is 2.39. The number of hydrogen-bond acceptors (Lipinski definition) is 3. The summed E-state index contributed by atoms with van der Waals surface area (Å²) in [6.07, 6.45) is -4.94. The summed E-state index contributed by atoms with van der Waals surface area (Å²) in [4.78, 5) is 10.9. The molecular formula is C11H12F3NO3. The Morgan fingerprint density at radius 3 is 2.50 bits per heavy atom. The van der Waals surface area contributed by atoms with E-state index in [4.69, 9.17) is 9.47 Å². The van der Waals surface area contributed by atoms with Crippen molar-refractivity contribution in [2.75, 3.05) is 19.5 Å². The fourth-order valence-electron chi connectivity index (χ4n) is 1.27. The van der Waals surface area contributed by atoms with Crippen molar-refractivity contribution in [3.05, 3.63) is 23.8 Å². The molecule has 1 aromatic carbocycles. The molecule has 0 aromatic heterocycles. The van der Waals surface area contributed by atoms with Gasteiger partial charge >= 0.3 is 12.1 Å². The van der Waals surface area contributed by atoms with E-state index in [0.717, 1.165) is 0 Å². The number of carbonyl (C=O) groups excluding carboxylic acids is 1. The Hall–Kier alpha value is -1.76. The highest BCUT2D eigenvalue weighted by Crippen LogP contribution is 2.25. The summed E-state index contributed by atoms with van der Waals surface area (Å²) in [5.41, 5.74) is 0.439. The molecule has 1 aromatic rings. The lowest BCUT2D eigenvalue weighted by Gasteiger charge is -2.13. The minimum absolute atomic E-state index is 0.0125. The van der Waals surface area contributed by atoms with Gasteiger partial charge in [-0.15, -0.1) is 0 Å². The number of benzene rings is 1. The average Bonchev–Trinajstić information content (AvgIpc) is 2.30. The number of alkyl halides is 3. The third kappa shape index (κ3) is 3.63. The molecule has 4 nitrogen and oxygen atoms in total. The summed E-state index contributed by atoms with van der Waals surface area (Å²) in [5, 5.41) is 1.79. The number of methoxy groups -OCH3 is 2. The predicted octanol–water partition coefficient (Wildman–Crippen LogP) is 2.34. The van der Waals surface area contributed by atoms with Crippen molar-refractivity contribution in [3.8, 4) is 5.75 Å². The zero-order chi connectivity index (χ0) is 13.8. The molecule has 0 radical (unpaired) electrons. The third-order valence-corrected chi connectivity index (χ3v) is 2.12. The summed E-state index contributed by atoms with van der Waals surface area (Å²) in [7, 11) is 2.78. The first-order chi connectivity index (χ1) is 8.38. The molecule has 0 atom stereocenters. The molecule has 100 valence electrons. The van der Waals surface area contributed by atoms with Gasteiger partial charge in [-0.3, -0.25) is 4.79 Å². The van der Waals surface area contributed by atoms with Crippen LogP contribution in [0.2, 0.25) is 0 Å². The van der Waals surface area contributed by atoms with Crippen LogP contribution in [0.1, 0.15) is 5.56 Å². The van der Waals surface area contributed by atoms with E-state index >= 15 is 0 Å². The van der Waals surface area contributed by atoms with Gasteiger partial charge in [-0.1, -0.05) is 6.07 Å². The van der Waals surface area contributed by atoms with Crippen LogP contribution < -0.4 is 10.1 Å². The van der Waals surface area contributed by atoms with Gasteiger partial charge in [0.2, 0.25) is 0 Å².